The van der Waals surface area contributed by atoms with Crippen molar-refractivity contribution in [2.24, 2.45) is 46.3 Å². The van der Waals surface area contributed by atoms with Gasteiger partial charge in [0.2, 0.25) is 0 Å². The third kappa shape index (κ3) is 3.66. The van der Waals surface area contributed by atoms with Crippen LogP contribution in [0, 0.1) is 46.3 Å². The summed E-state index contributed by atoms with van der Waals surface area (Å²) in [6.07, 6.45) is 15.4. The first-order valence-electron chi connectivity index (χ1n) is 13.5. The lowest BCUT2D eigenvalue weighted by atomic mass is 9.45. The summed E-state index contributed by atoms with van der Waals surface area (Å²) in [6.45, 7) is 16.2. The van der Waals surface area contributed by atoms with Crippen LogP contribution in [0.5, 0.6) is 0 Å². The van der Waals surface area contributed by atoms with E-state index >= 15 is 0 Å². The lowest BCUT2D eigenvalue weighted by Gasteiger charge is -2.62. The SMILES string of the molecule is C=C(C)[C@H](CC)CC[C@@H](C)[C@H]1CC[C@H]2[C@@H]3C=CC4(OO)CC(O)CC[C@]4(C)[C@H]3CC[C@]12C. The van der Waals surface area contributed by atoms with Crippen LogP contribution in [-0.4, -0.2) is 22.1 Å². The van der Waals surface area contributed by atoms with Gasteiger partial charge in [-0.15, -0.1) is 0 Å². The van der Waals surface area contributed by atoms with Gasteiger partial charge in [-0.3, -0.25) is 5.26 Å². The van der Waals surface area contributed by atoms with Crippen molar-refractivity contribution in [3.63, 3.8) is 0 Å². The van der Waals surface area contributed by atoms with Gasteiger partial charge >= 0.3 is 0 Å². The fourth-order valence-corrected chi connectivity index (χ4v) is 9.21. The van der Waals surface area contributed by atoms with Gasteiger partial charge in [-0.2, -0.15) is 0 Å². The van der Waals surface area contributed by atoms with Gasteiger partial charge in [0.25, 0.3) is 0 Å². The summed E-state index contributed by atoms with van der Waals surface area (Å²) >= 11 is 0. The normalized spacial score (nSPS) is 47.3. The van der Waals surface area contributed by atoms with Gasteiger partial charge in [0.05, 0.1) is 6.10 Å². The fraction of sp³-hybridized carbons (Fsp3) is 0.862. The summed E-state index contributed by atoms with van der Waals surface area (Å²) in [4.78, 5) is 5.23. The van der Waals surface area contributed by atoms with E-state index in [1.807, 2.05) is 0 Å². The maximum Gasteiger partial charge on any atom is 0.129 e. The maximum atomic E-state index is 10.4. The molecule has 182 valence electrons. The standard InChI is InChI=1S/C29H48O3/c1-7-21(19(2)3)9-8-20(4)24-10-11-25-23-13-17-29(32-31)18-22(30)12-16-28(29,6)26(23)14-15-27(24,25)5/h13,17,20-26,30-31H,2,7-12,14-16,18H2,1,3-6H3/t20-,21-,22?,23+,24-,25+,26+,27-,28-,29?/m1/s1. The summed E-state index contributed by atoms with van der Waals surface area (Å²) in [6, 6.07) is 0. The highest BCUT2D eigenvalue weighted by atomic mass is 17.1. The molecule has 0 aromatic heterocycles. The van der Waals surface area contributed by atoms with Crippen LogP contribution < -0.4 is 0 Å². The molecule has 0 bridgehead atoms. The van der Waals surface area contributed by atoms with E-state index in [0.29, 0.717) is 29.6 Å². The molecular weight excluding hydrogens is 396 g/mol. The Morgan fingerprint density at radius 1 is 1.12 bits per heavy atom. The highest BCUT2D eigenvalue weighted by molar-refractivity contribution is 5.25. The Bertz CT molecular complexity index is 730. The first-order valence-corrected chi connectivity index (χ1v) is 13.5. The van der Waals surface area contributed by atoms with Crippen LogP contribution in [0.4, 0.5) is 0 Å². The second-order valence-corrected chi connectivity index (χ2v) is 12.7. The lowest BCUT2D eigenvalue weighted by molar-refractivity contribution is -0.361. The number of hydrogen-bond acceptors (Lipinski definition) is 3. The Labute approximate surface area is 196 Å². The molecule has 10 atom stereocenters. The second-order valence-electron chi connectivity index (χ2n) is 12.7. The van der Waals surface area contributed by atoms with Gasteiger partial charge < -0.3 is 5.11 Å². The van der Waals surface area contributed by atoms with E-state index in [-0.39, 0.29) is 11.5 Å². The van der Waals surface area contributed by atoms with E-state index in [1.54, 1.807) is 0 Å². The Morgan fingerprint density at radius 3 is 2.53 bits per heavy atom. The van der Waals surface area contributed by atoms with Crippen molar-refractivity contribution in [1.82, 2.24) is 0 Å². The molecule has 0 radical (unpaired) electrons. The maximum absolute atomic E-state index is 10.4. The molecule has 4 aliphatic rings. The molecule has 3 heteroatoms. The third-order valence-corrected chi connectivity index (χ3v) is 11.3. The molecule has 3 nitrogen and oxygen atoms in total. The molecule has 4 aliphatic carbocycles. The molecule has 4 rings (SSSR count). The molecule has 0 heterocycles. The average molecular weight is 445 g/mol. The zero-order valence-electron chi connectivity index (χ0n) is 21.3. The van der Waals surface area contributed by atoms with E-state index in [4.69, 9.17) is 4.89 Å². The van der Waals surface area contributed by atoms with Crippen LogP contribution >= 0.6 is 0 Å². The van der Waals surface area contributed by atoms with Crippen LogP contribution in [0.15, 0.2) is 24.3 Å². The van der Waals surface area contributed by atoms with Crippen molar-refractivity contribution in [2.75, 3.05) is 0 Å². The lowest BCUT2D eigenvalue weighted by Crippen LogP contribution is -2.61. The van der Waals surface area contributed by atoms with Crippen molar-refractivity contribution in [2.45, 2.75) is 111 Å². The van der Waals surface area contributed by atoms with Crippen LogP contribution in [0.2, 0.25) is 0 Å². The summed E-state index contributed by atoms with van der Waals surface area (Å²) in [5.41, 5.74) is 0.952. The highest BCUT2D eigenvalue weighted by Crippen LogP contribution is 2.68. The van der Waals surface area contributed by atoms with Crippen molar-refractivity contribution in [3.8, 4) is 0 Å². The van der Waals surface area contributed by atoms with E-state index in [0.717, 1.165) is 30.6 Å². The van der Waals surface area contributed by atoms with Crippen LogP contribution in [0.25, 0.3) is 0 Å². The molecule has 3 fully saturated rings. The molecule has 0 aromatic carbocycles. The van der Waals surface area contributed by atoms with Crippen molar-refractivity contribution < 1.29 is 15.3 Å². The molecule has 2 N–H and O–H groups in total. The monoisotopic (exact) mass is 444 g/mol. The summed E-state index contributed by atoms with van der Waals surface area (Å²) < 4.78 is 0. The number of aliphatic hydroxyl groups excluding tert-OH is 1. The largest absolute Gasteiger partial charge is 0.393 e. The predicted octanol–water partition coefficient (Wildman–Crippen LogP) is 7.41. The summed E-state index contributed by atoms with van der Waals surface area (Å²) in [5, 5.41) is 20.4. The highest BCUT2D eigenvalue weighted by Gasteiger charge is 2.64. The number of fused-ring (bicyclic) bond motifs is 5. The smallest absolute Gasteiger partial charge is 0.129 e. The zero-order chi connectivity index (χ0) is 23.3. The molecule has 0 aromatic rings. The minimum Gasteiger partial charge on any atom is -0.393 e. The minimum absolute atomic E-state index is 0.0960. The second kappa shape index (κ2) is 8.86. The molecule has 3 saturated carbocycles. The Kier molecular flexibility index (Phi) is 6.78. The van der Waals surface area contributed by atoms with Gasteiger partial charge in [0.1, 0.15) is 5.60 Å². The minimum atomic E-state index is -0.720. The van der Waals surface area contributed by atoms with Gasteiger partial charge in [-0.1, -0.05) is 52.0 Å². The molecule has 0 spiro atoms. The quantitative estimate of drug-likeness (QED) is 0.244. The number of allylic oxidation sites excluding steroid dienone is 2. The van der Waals surface area contributed by atoms with Crippen LogP contribution in [0.3, 0.4) is 0 Å². The molecule has 0 amide bonds. The first kappa shape index (κ1) is 24.5. The summed E-state index contributed by atoms with van der Waals surface area (Å²) in [7, 11) is 0. The van der Waals surface area contributed by atoms with Crippen molar-refractivity contribution in [3.05, 3.63) is 24.3 Å². The van der Waals surface area contributed by atoms with E-state index < -0.39 is 5.60 Å². The number of aliphatic hydroxyl groups is 1. The average Bonchev–Trinajstić information content (AvgIpc) is 3.11. The van der Waals surface area contributed by atoms with Gasteiger partial charge in [0.15, 0.2) is 0 Å². The molecular formula is C29H48O3. The van der Waals surface area contributed by atoms with Gasteiger partial charge in [-0.25, -0.2) is 4.89 Å². The van der Waals surface area contributed by atoms with Crippen molar-refractivity contribution >= 4 is 0 Å². The molecule has 0 aliphatic heterocycles. The van der Waals surface area contributed by atoms with Gasteiger partial charge in [-0.05, 0) is 106 Å². The Balaban J connectivity index is 1.54. The predicted molar refractivity (Wildman–Crippen MR) is 131 cm³/mol. The fourth-order valence-electron chi connectivity index (χ4n) is 9.21. The van der Waals surface area contributed by atoms with Crippen LogP contribution in [0.1, 0.15) is 98.8 Å². The molecule has 0 saturated heterocycles. The van der Waals surface area contributed by atoms with E-state index in [9.17, 15) is 10.4 Å². The van der Waals surface area contributed by atoms with E-state index in [1.165, 1.54) is 50.5 Å². The van der Waals surface area contributed by atoms with E-state index in [2.05, 4.69) is 53.3 Å². The van der Waals surface area contributed by atoms with Crippen molar-refractivity contribution in [1.29, 1.82) is 0 Å². The molecule has 32 heavy (non-hydrogen) atoms. The van der Waals surface area contributed by atoms with Gasteiger partial charge in [0, 0.05) is 11.8 Å². The van der Waals surface area contributed by atoms with Crippen LogP contribution in [-0.2, 0) is 4.89 Å². The Morgan fingerprint density at radius 2 is 1.88 bits per heavy atom. The zero-order valence-corrected chi connectivity index (χ0v) is 21.3. The first-order chi connectivity index (χ1) is 15.1. The summed E-state index contributed by atoms with van der Waals surface area (Å²) in [5.74, 6) is 4.09. The Hall–Kier alpha value is -0.640. The number of hydrogen-bond donors (Lipinski definition) is 2. The molecule has 2 unspecified atom stereocenters. The topological polar surface area (TPSA) is 49.7 Å². The number of rotatable bonds is 7. The third-order valence-electron chi connectivity index (χ3n) is 11.3.